The van der Waals surface area contributed by atoms with Gasteiger partial charge in [0.2, 0.25) is 5.91 Å². The first kappa shape index (κ1) is 10.5. The molecule has 90 valence electrons. The Balaban J connectivity index is 1.52. The molecule has 4 nitrogen and oxygen atoms in total. The molecule has 1 amide bonds. The monoisotopic (exact) mass is 224 g/mol. The third kappa shape index (κ3) is 1.96. The molecule has 4 atom stereocenters. The number of piperidine rings is 1. The number of hydrogen-bond donors (Lipinski definition) is 2. The maximum Gasteiger partial charge on any atom is 0.237 e. The van der Waals surface area contributed by atoms with Gasteiger partial charge in [-0.1, -0.05) is 6.42 Å². The fraction of sp³-hybridized carbons (Fsp3) is 0.917. The number of carbonyl (C=O) groups is 1. The summed E-state index contributed by atoms with van der Waals surface area (Å²) in [5.74, 6) is 0.181. The Bertz CT molecular complexity index is 276. The maximum atomic E-state index is 12.0. The zero-order valence-electron chi connectivity index (χ0n) is 9.58. The lowest BCUT2D eigenvalue weighted by Crippen LogP contribution is -2.51. The van der Waals surface area contributed by atoms with E-state index < -0.39 is 0 Å². The summed E-state index contributed by atoms with van der Waals surface area (Å²) in [6.07, 6.45) is 7.36. The van der Waals surface area contributed by atoms with Crippen LogP contribution >= 0.6 is 0 Å². The van der Waals surface area contributed by atoms with E-state index in [1.165, 1.54) is 12.8 Å². The lowest BCUT2D eigenvalue weighted by atomic mass is 9.95. The Hall–Kier alpha value is -0.610. The molecule has 0 aromatic rings. The average Bonchev–Trinajstić information content (AvgIpc) is 2.92. The number of carbonyl (C=O) groups excluding carboxylic acids is 1. The van der Waals surface area contributed by atoms with Crippen molar-refractivity contribution >= 4 is 5.91 Å². The van der Waals surface area contributed by atoms with Gasteiger partial charge in [0.1, 0.15) is 0 Å². The molecule has 3 heterocycles. The molecule has 0 aromatic carbocycles. The van der Waals surface area contributed by atoms with Crippen LogP contribution in [0.15, 0.2) is 0 Å². The smallest absolute Gasteiger partial charge is 0.237 e. The van der Waals surface area contributed by atoms with Gasteiger partial charge >= 0.3 is 0 Å². The summed E-state index contributed by atoms with van der Waals surface area (Å²) in [6.45, 7) is 0.977. The topological polar surface area (TPSA) is 50.4 Å². The average molecular weight is 224 g/mol. The second-order valence-corrected chi connectivity index (χ2v) is 5.23. The Labute approximate surface area is 96.1 Å². The second-order valence-electron chi connectivity index (χ2n) is 5.23. The zero-order chi connectivity index (χ0) is 11.0. The molecule has 3 unspecified atom stereocenters. The molecule has 3 aliphatic rings. The van der Waals surface area contributed by atoms with Crippen LogP contribution in [-0.4, -0.2) is 36.7 Å². The van der Waals surface area contributed by atoms with Crippen molar-refractivity contribution in [3.63, 3.8) is 0 Å². The van der Waals surface area contributed by atoms with Crippen molar-refractivity contribution in [2.75, 3.05) is 6.54 Å². The van der Waals surface area contributed by atoms with Crippen LogP contribution in [0.1, 0.15) is 38.5 Å². The maximum absolute atomic E-state index is 12.0. The molecule has 3 rings (SSSR count). The molecule has 4 heteroatoms. The predicted octanol–water partition coefficient (Wildman–Crippen LogP) is 0.565. The number of rotatable bonds is 2. The highest BCUT2D eigenvalue weighted by molar-refractivity contribution is 5.82. The summed E-state index contributed by atoms with van der Waals surface area (Å²) in [5, 5.41) is 6.44. The van der Waals surface area contributed by atoms with Gasteiger partial charge in [-0.15, -0.1) is 0 Å². The summed E-state index contributed by atoms with van der Waals surface area (Å²) in [4.78, 5) is 12.0. The highest BCUT2D eigenvalue weighted by Gasteiger charge is 2.41. The molecule has 0 radical (unpaired) electrons. The van der Waals surface area contributed by atoms with E-state index in [-0.39, 0.29) is 24.1 Å². The van der Waals surface area contributed by atoms with E-state index in [0.29, 0.717) is 6.10 Å². The molecule has 0 saturated carbocycles. The third-order valence-corrected chi connectivity index (χ3v) is 4.06. The molecular weight excluding hydrogens is 204 g/mol. The van der Waals surface area contributed by atoms with Crippen molar-refractivity contribution in [2.24, 2.45) is 0 Å². The van der Waals surface area contributed by atoms with E-state index in [2.05, 4.69) is 10.6 Å². The first-order valence-electron chi connectivity index (χ1n) is 6.52. The van der Waals surface area contributed by atoms with Gasteiger partial charge in [-0.05, 0) is 38.6 Å². The number of fused-ring (bicyclic) bond motifs is 2. The molecule has 2 N–H and O–H groups in total. The van der Waals surface area contributed by atoms with Crippen LogP contribution in [0.4, 0.5) is 0 Å². The first-order valence-corrected chi connectivity index (χ1v) is 6.52. The standard InChI is InChI=1S/C12H20N2O2/c15-12(9-3-1-2-6-13-9)14-10-7-8-4-5-11(10)16-8/h8-11,13H,1-7H2,(H,14,15)/t8?,9-,10?,11?/m0/s1. The van der Waals surface area contributed by atoms with Crippen molar-refractivity contribution in [1.29, 1.82) is 0 Å². The molecule has 0 aromatic heterocycles. The van der Waals surface area contributed by atoms with Crippen LogP contribution in [0.2, 0.25) is 0 Å². The van der Waals surface area contributed by atoms with Crippen molar-refractivity contribution in [3.05, 3.63) is 0 Å². The summed E-state index contributed by atoms with van der Waals surface area (Å²) in [5.41, 5.74) is 0. The molecular formula is C12H20N2O2. The van der Waals surface area contributed by atoms with E-state index >= 15 is 0 Å². The Morgan fingerprint density at radius 1 is 1.25 bits per heavy atom. The van der Waals surface area contributed by atoms with Gasteiger partial charge in [0.25, 0.3) is 0 Å². The van der Waals surface area contributed by atoms with E-state index in [0.717, 1.165) is 32.2 Å². The van der Waals surface area contributed by atoms with Gasteiger partial charge in [0.15, 0.2) is 0 Å². The number of hydrogen-bond acceptors (Lipinski definition) is 3. The van der Waals surface area contributed by atoms with E-state index in [1.54, 1.807) is 0 Å². The highest BCUT2D eigenvalue weighted by Crippen LogP contribution is 2.34. The molecule has 16 heavy (non-hydrogen) atoms. The molecule has 0 aliphatic carbocycles. The minimum Gasteiger partial charge on any atom is -0.373 e. The van der Waals surface area contributed by atoms with Crippen molar-refractivity contribution in [3.8, 4) is 0 Å². The third-order valence-electron chi connectivity index (χ3n) is 4.06. The second kappa shape index (κ2) is 4.34. The van der Waals surface area contributed by atoms with Gasteiger partial charge < -0.3 is 15.4 Å². The normalized spacial score (nSPS) is 42.2. The van der Waals surface area contributed by atoms with Crippen LogP contribution in [-0.2, 0) is 9.53 Å². The molecule has 3 fully saturated rings. The number of nitrogens with one attached hydrogen (secondary N) is 2. The summed E-state index contributed by atoms with van der Waals surface area (Å²) < 4.78 is 5.74. The van der Waals surface area contributed by atoms with Crippen molar-refractivity contribution < 1.29 is 9.53 Å². The van der Waals surface area contributed by atoms with Gasteiger partial charge in [0.05, 0.1) is 24.3 Å². The minimum atomic E-state index is 0.0351. The Morgan fingerprint density at radius 2 is 2.19 bits per heavy atom. The SMILES string of the molecule is O=C(NC1CC2CCC1O2)[C@@H]1CCCCN1. The largest absolute Gasteiger partial charge is 0.373 e. The van der Waals surface area contributed by atoms with Crippen LogP contribution in [0, 0.1) is 0 Å². The van der Waals surface area contributed by atoms with Gasteiger partial charge in [-0.25, -0.2) is 0 Å². The van der Waals surface area contributed by atoms with E-state index in [9.17, 15) is 4.79 Å². The van der Waals surface area contributed by atoms with Crippen molar-refractivity contribution in [1.82, 2.24) is 10.6 Å². The minimum absolute atomic E-state index is 0.0351. The lowest BCUT2D eigenvalue weighted by molar-refractivity contribution is -0.124. The summed E-state index contributed by atoms with van der Waals surface area (Å²) >= 11 is 0. The predicted molar refractivity (Wildman–Crippen MR) is 60.1 cm³/mol. The van der Waals surface area contributed by atoms with Crippen LogP contribution in [0.25, 0.3) is 0 Å². The van der Waals surface area contributed by atoms with Crippen LogP contribution in [0.5, 0.6) is 0 Å². The van der Waals surface area contributed by atoms with Crippen LogP contribution in [0.3, 0.4) is 0 Å². The lowest BCUT2D eigenvalue weighted by Gasteiger charge is -2.26. The highest BCUT2D eigenvalue weighted by atomic mass is 16.5. The number of ether oxygens (including phenoxy) is 1. The fourth-order valence-electron chi connectivity index (χ4n) is 3.15. The molecule has 3 aliphatic heterocycles. The van der Waals surface area contributed by atoms with Gasteiger partial charge in [0, 0.05) is 0 Å². The quantitative estimate of drug-likeness (QED) is 0.721. The fourth-order valence-corrected chi connectivity index (χ4v) is 3.15. The number of amides is 1. The Morgan fingerprint density at radius 3 is 2.81 bits per heavy atom. The zero-order valence-corrected chi connectivity index (χ0v) is 9.58. The van der Waals surface area contributed by atoms with E-state index in [1.807, 2.05) is 0 Å². The summed E-state index contributed by atoms with van der Waals surface area (Å²) in [6, 6.07) is 0.308. The van der Waals surface area contributed by atoms with E-state index in [4.69, 9.17) is 4.74 Å². The molecule has 3 saturated heterocycles. The summed E-state index contributed by atoms with van der Waals surface area (Å²) in [7, 11) is 0. The van der Waals surface area contributed by atoms with Gasteiger partial charge in [-0.3, -0.25) is 4.79 Å². The van der Waals surface area contributed by atoms with Crippen molar-refractivity contribution in [2.45, 2.75) is 62.8 Å². The molecule has 2 bridgehead atoms. The van der Waals surface area contributed by atoms with Crippen LogP contribution < -0.4 is 10.6 Å². The molecule has 0 spiro atoms. The first-order chi connectivity index (χ1) is 7.83. The Kier molecular flexibility index (Phi) is 2.86. The van der Waals surface area contributed by atoms with Gasteiger partial charge in [-0.2, -0.15) is 0 Å².